The first-order valence-electron chi connectivity index (χ1n) is 16.1. The molecular weight excluding hydrogens is 650 g/mol. The number of aromatic nitrogens is 3. The van der Waals surface area contributed by atoms with Crippen molar-refractivity contribution in [1.82, 2.24) is 25.1 Å². The maximum atomic E-state index is 14.6. The quantitative estimate of drug-likeness (QED) is 0.132. The summed E-state index contributed by atoms with van der Waals surface area (Å²) in [6, 6.07) is 12.8. The van der Waals surface area contributed by atoms with Gasteiger partial charge in [0, 0.05) is 28.1 Å². The molecule has 10 nitrogen and oxygen atoms in total. The number of benzene rings is 2. The Bertz CT molecular complexity index is 1920. The number of aliphatic carboxylic acids is 1. The summed E-state index contributed by atoms with van der Waals surface area (Å²) in [4.78, 5) is 20.1. The van der Waals surface area contributed by atoms with E-state index in [4.69, 9.17) is 14.8 Å². The third-order valence-corrected chi connectivity index (χ3v) is 10.5. The number of halogens is 1. The van der Waals surface area contributed by atoms with Gasteiger partial charge in [-0.25, -0.2) is 14.2 Å². The van der Waals surface area contributed by atoms with Crippen molar-refractivity contribution in [2.45, 2.75) is 44.4 Å². The molecule has 2 aromatic carbocycles. The van der Waals surface area contributed by atoms with Crippen LogP contribution in [0.3, 0.4) is 0 Å². The van der Waals surface area contributed by atoms with Crippen LogP contribution in [0.5, 0.6) is 5.75 Å². The average Bonchev–Trinajstić information content (AvgIpc) is 3.67. The number of carboxylic acids is 1. The number of carbonyl (C=O) groups is 1. The standard InChI is InChI=1S/C35H36FN7O3S2/c1-41(2)17-5-8-22-13-16-27(25(36)20-22)46-19-7-12-29-31(34(44)45)43(21-47-29)42-18-6-9-24-30(23-14-15-23)32(39-40-33(24)42)38-35-37-26-10-3-4-11-28(26)48-35/h3-4,10-11,13,16,20,23H,6-7,9,12,14-15,17-19,21H2,1-2H3,(H,44,45)(H,37,38,39). The molecule has 0 spiro atoms. The van der Waals surface area contributed by atoms with Gasteiger partial charge < -0.3 is 15.2 Å². The fourth-order valence-corrected chi connectivity index (χ4v) is 8.07. The van der Waals surface area contributed by atoms with Crippen molar-refractivity contribution in [3.8, 4) is 17.6 Å². The highest BCUT2D eigenvalue weighted by atomic mass is 32.2. The van der Waals surface area contributed by atoms with Crippen molar-refractivity contribution in [2.24, 2.45) is 0 Å². The fourth-order valence-electron chi connectivity index (χ4n) is 6.04. The largest absolute Gasteiger partial charge is 0.491 e. The summed E-state index contributed by atoms with van der Waals surface area (Å²) < 4.78 is 21.5. The minimum absolute atomic E-state index is 0.160. The Hall–Kier alpha value is -4.38. The zero-order valence-corrected chi connectivity index (χ0v) is 28.5. The molecule has 4 heterocycles. The first-order chi connectivity index (χ1) is 23.4. The van der Waals surface area contributed by atoms with Crippen molar-refractivity contribution in [3.05, 3.63) is 75.6 Å². The summed E-state index contributed by atoms with van der Waals surface area (Å²) in [6.45, 7) is 1.50. The first-order valence-corrected chi connectivity index (χ1v) is 17.9. The molecule has 2 aromatic heterocycles. The lowest BCUT2D eigenvalue weighted by atomic mass is 9.98. The maximum Gasteiger partial charge on any atom is 0.354 e. The van der Waals surface area contributed by atoms with E-state index in [9.17, 15) is 14.3 Å². The van der Waals surface area contributed by atoms with E-state index < -0.39 is 11.8 Å². The van der Waals surface area contributed by atoms with Crippen molar-refractivity contribution >= 4 is 56.1 Å². The van der Waals surface area contributed by atoms with Crippen LogP contribution < -0.4 is 15.1 Å². The Morgan fingerprint density at radius 3 is 2.81 bits per heavy atom. The normalized spacial score (nSPS) is 15.9. The zero-order valence-electron chi connectivity index (χ0n) is 26.8. The zero-order chi connectivity index (χ0) is 33.2. The van der Waals surface area contributed by atoms with Gasteiger partial charge in [0.1, 0.15) is 0 Å². The summed E-state index contributed by atoms with van der Waals surface area (Å²) in [5, 5.41) is 27.8. The SMILES string of the molecule is CN(C)CC#Cc1ccc(OCCCC2=C(C(=O)O)N(N3CCCc4c3nnc(Nc3nc5ccccc5s3)c4C3CC3)CS2)c(F)c1. The van der Waals surface area contributed by atoms with Crippen molar-refractivity contribution in [1.29, 1.82) is 0 Å². The van der Waals surface area contributed by atoms with Crippen LogP contribution in [0.25, 0.3) is 10.2 Å². The number of ether oxygens (including phenoxy) is 1. The lowest BCUT2D eigenvalue weighted by Gasteiger charge is -2.38. The Labute approximate surface area is 287 Å². The van der Waals surface area contributed by atoms with Crippen LogP contribution in [0.4, 0.5) is 21.2 Å². The number of hydrazine groups is 1. The van der Waals surface area contributed by atoms with Crippen molar-refractivity contribution in [2.75, 3.05) is 50.0 Å². The fraction of sp³-hybridized carbons (Fsp3) is 0.371. The predicted molar refractivity (Wildman–Crippen MR) is 188 cm³/mol. The number of fused-ring (bicyclic) bond motifs is 2. The van der Waals surface area contributed by atoms with E-state index in [1.165, 1.54) is 23.4 Å². The molecule has 4 aromatic rings. The molecule has 0 unspecified atom stereocenters. The molecule has 0 atom stereocenters. The molecule has 48 heavy (non-hydrogen) atoms. The van der Waals surface area contributed by atoms with Crippen LogP contribution in [0.2, 0.25) is 0 Å². The monoisotopic (exact) mass is 685 g/mol. The summed E-state index contributed by atoms with van der Waals surface area (Å²) in [5.41, 5.74) is 4.10. The first kappa shape index (κ1) is 32.2. The number of nitrogens with zero attached hydrogens (tertiary/aromatic N) is 6. The van der Waals surface area contributed by atoms with Gasteiger partial charge in [-0.3, -0.25) is 14.9 Å². The molecule has 0 radical (unpaired) electrons. The van der Waals surface area contributed by atoms with Gasteiger partial charge in [-0.2, -0.15) is 0 Å². The smallest absolute Gasteiger partial charge is 0.354 e. The molecule has 1 aliphatic carbocycles. The molecule has 2 N–H and O–H groups in total. The third-order valence-electron chi connectivity index (χ3n) is 8.38. The van der Waals surface area contributed by atoms with E-state index in [0.29, 0.717) is 43.3 Å². The summed E-state index contributed by atoms with van der Waals surface area (Å²) in [7, 11) is 3.85. The Kier molecular flexibility index (Phi) is 9.39. The highest BCUT2D eigenvalue weighted by Gasteiger charge is 2.39. The molecule has 0 saturated heterocycles. The maximum absolute atomic E-state index is 14.6. The number of thiazole rings is 1. The molecule has 0 bridgehead atoms. The van der Waals surface area contributed by atoms with Crippen molar-refractivity contribution < 1.29 is 19.0 Å². The van der Waals surface area contributed by atoms with E-state index in [1.54, 1.807) is 23.5 Å². The Morgan fingerprint density at radius 2 is 2.04 bits per heavy atom. The van der Waals surface area contributed by atoms with Crippen LogP contribution in [0, 0.1) is 17.7 Å². The number of nitrogens with one attached hydrogen (secondary N) is 1. The number of allylic oxidation sites excluding steroid dienone is 1. The van der Waals surface area contributed by atoms with E-state index >= 15 is 0 Å². The molecule has 3 aliphatic rings. The van der Waals surface area contributed by atoms with E-state index in [1.807, 2.05) is 47.2 Å². The molecule has 1 fully saturated rings. The minimum Gasteiger partial charge on any atom is -0.491 e. The lowest BCUT2D eigenvalue weighted by molar-refractivity contribution is -0.134. The number of hydrogen-bond donors (Lipinski definition) is 2. The number of anilines is 3. The Morgan fingerprint density at radius 1 is 1.19 bits per heavy atom. The van der Waals surface area contributed by atoms with Gasteiger partial charge in [-0.1, -0.05) is 35.3 Å². The van der Waals surface area contributed by atoms with E-state index in [0.717, 1.165) is 63.1 Å². The molecule has 0 amide bonds. The number of thioether (sulfide) groups is 1. The highest BCUT2D eigenvalue weighted by Crippen LogP contribution is 2.49. The average molecular weight is 686 g/mol. The second-order valence-electron chi connectivity index (χ2n) is 12.3. The highest BCUT2D eigenvalue weighted by molar-refractivity contribution is 8.03. The van der Waals surface area contributed by atoms with Gasteiger partial charge in [0.2, 0.25) is 0 Å². The van der Waals surface area contributed by atoms with Crippen LogP contribution in [0.1, 0.15) is 54.7 Å². The number of para-hydroxylation sites is 1. The summed E-state index contributed by atoms with van der Waals surface area (Å²) in [6.07, 6.45) is 4.97. The summed E-state index contributed by atoms with van der Waals surface area (Å²) >= 11 is 3.10. The molecular formula is C35H36FN7O3S2. The van der Waals surface area contributed by atoms with Gasteiger partial charge in [0.25, 0.3) is 0 Å². The van der Waals surface area contributed by atoms with Crippen LogP contribution in [0.15, 0.2) is 53.1 Å². The van der Waals surface area contributed by atoms with Crippen molar-refractivity contribution in [3.63, 3.8) is 0 Å². The topological polar surface area (TPSA) is 107 Å². The van der Waals surface area contributed by atoms with Gasteiger partial charge in [-0.05, 0) is 88.9 Å². The van der Waals surface area contributed by atoms with Crippen LogP contribution in [-0.2, 0) is 11.2 Å². The van der Waals surface area contributed by atoms with Gasteiger partial charge >= 0.3 is 5.97 Å². The van der Waals surface area contributed by atoms with E-state index in [2.05, 4.69) is 28.3 Å². The number of hydrogen-bond acceptors (Lipinski definition) is 11. The third kappa shape index (κ3) is 6.92. The lowest BCUT2D eigenvalue weighted by Crippen LogP contribution is -2.46. The van der Waals surface area contributed by atoms with Crippen LogP contribution in [-0.4, -0.2) is 75.8 Å². The number of carboxylic acid groups (broad SMARTS) is 1. The van der Waals surface area contributed by atoms with E-state index in [-0.39, 0.29) is 18.1 Å². The Balaban J connectivity index is 1.05. The molecule has 1 saturated carbocycles. The second kappa shape index (κ2) is 14.0. The van der Waals surface area contributed by atoms with Gasteiger partial charge in [0.15, 0.2) is 34.0 Å². The second-order valence-corrected chi connectivity index (χ2v) is 14.3. The van der Waals surface area contributed by atoms with Gasteiger partial charge in [-0.15, -0.1) is 22.0 Å². The molecule has 248 valence electrons. The predicted octanol–water partition coefficient (Wildman–Crippen LogP) is 6.59. The molecule has 13 heteroatoms. The van der Waals surface area contributed by atoms with Gasteiger partial charge in [0.05, 0.1) is 29.2 Å². The van der Waals surface area contributed by atoms with Crippen LogP contribution >= 0.6 is 23.1 Å². The summed E-state index contributed by atoms with van der Waals surface area (Å²) in [5.74, 6) is 7.01. The molecule has 7 rings (SSSR count). The number of rotatable bonds is 11. The minimum atomic E-state index is -0.982. The molecule has 2 aliphatic heterocycles.